The lowest BCUT2D eigenvalue weighted by Crippen LogP contribution is -2.46. The van der Waals surface area contributed by atoms with E-state index in [2.05, 4.69) is 5.32 Å². The van der Waals surface area contributed by atoms with Crippen LogP contribution in [0.1, 0.15) is 29.5 Å². The third kappa shape index (κ3) is 4.51. The summed E-state index contributed by atoms with van der Waals surface area (Å²) >= 11 is 0. The van der Waals surface area contributed by atoms with Gasteiger partial charge in [0.2, 0.25) is 15.9 Å². The maximum absolute atomic E-state index is 12.8. The van der Waals surface area contributed by atoms with Crippen LogP contribution in [0.15, 0.2) is 54.6 Å². The van der Waals surface area contributed by atoms with Gasteiger partial charge in [-0.1, -0.05) is 60.2 Å². The molecule has 0 unspecified atom stereocenters. The zero-order valence-corrected chi connectivity index (χ0v) is 15.7. The maximum Gasteiger partial charge on any atom is 0.238 e. The van der Waals surface area contributed by atoms with Crippen LogP contribution in [-0.4, -0.2) is 31.2 Å². The number of nitrogens with one attached hydrogen (secondary N) is 1. The molecule has 1 heterocycles. The Morgan fingerprint density at radius 1 is 1.08 bits per heavy atom. The van der Waals surface area contributed by atoms with E-state index in [9.17, 15) is 13.2 Å². The van der Waals surface area contributed by atoms with Gasteiger partial charge in [-0.15, -0.1) is 0 Å². The largest absolute Gasteiger partial charge is 0.351 e. The first-order chi connectivity index (χ1) is 12.5. The first-order valence-corrected chi connectivity index (χ1v) is 10.4. The molecule has 5 nitrogen and oxygen atoms in total. The SMILES string of the molecule is Cc1ccc(CS(=O)(=O)N2CCC[C@H]2C(=O)NCc2ccccc2)cc1. The Labute approximate surface area is 155 Å². The van der Waals surface area contributed by atoms with E-state index in [0.29, 0.717) is 25.9 Å². The van der Waals surface area contributed by atoms with Crippen molar-refractivity contribution in [2.24, 2.45) is 0 Å². The molecule has 0 aliphatic carbocycles. The van der Waals surface area contributed by atoms with E-state index >= 15 is 0 Å². The molecular formula is C20H24N2O3S. The third-order valence-electron chi connectivity index (χ3n) is 4.64. The van der Waals surface area contributed by atoms with Crippen molar-refractivity contribution < 1.29 is 13.2 Å². The fraction of sp³-hybridized carbons (Fsp3) is 0.350. The van der Waals surface area contributed by atoms with E-state index < -0.39 is 16.1 Å². The van der Waals surface area contributed by atoms with Crippen LogP contribution < -0.4 is 5.32 Å². The molecule has 26 heavy (non-hydrogen) atoms. The number of hydrogen-bond acceptors (Lipinski definition) is 3. The van der Waals surface area contributed by atoms with Crippen molar-refractivity contribution in [3.63, 3.8) is 0 Å². The standard InChI is InChI=1S/C20H24N2O3S/c1-16-9-11-18(12-10-16)15-26(24,25)22-13-5-8-19(22)20(23)21-14-17-6-3-2-4-7-17/h2-4,6-7,9-12,19H,5,8,13-15H2,1H3,(H,21,23)/t19-/m0/s1. The number of carbonyl (C=O) groups is 1. The molecule has 0 aromatic heterocycles. The molecule has 1 aliphatic rings. The van der Waals surface area contributed by atoms with E-state index in [-0.39, 0.29) is 11.7 Å². The van der Waals surface area contributed by atoms with Crippen molar-refractivity contribution in [3.8, 4) is 0 Å². The molecule has 0 bridgehead atoms. The molecule has 2 aromatic rings. The van der Waals surface area contributed by atoms with Crippen LogP contribution in [0.2, 0.25) is 0 Å². The van der Waals surface area contributed by atoms with Gasteiger partial charge in [0.15, 0.2) is 0 Å². The summed E-state index contributed by atoms with van der Waals surface area (Å²) in [4.78, 5) is 12.6. The highest BCUT2D eigenvalue weighted by Crippen LogP contribution is 2.24. The van der Waals surface area contributed by atoms with Gasteiger partial charge < -0.3 is 5.32 Å². The highest BCUT2D eigenvalue weighted by molar-refractivity contribution is 7.88. The first-order valence-electron chi connectivity index (χ1n) is 8.82. The van der Waals surface area contributed by atoms with Gasteiger partial charge in [0.05, 0.1) is 5.75 Å². The third-order valence-corrected chi connectivity index (χ3v) is 6.49. The van der Waals surface area contributed by atoms with Crippen LogP contribution in [0, 0.1) is 6.92 Å². The first kappa shape index (κ1) is 18.6. The van der Waals surface area contributed by atoms with Gasteiger partial charge in [-0.3, -0.25) is 4.79 Å². The number of rotatable bonds is 6. The van der Waals surface area contributed by atoms with Gasteiger partial charge in [0, 0.05) is 13.1 Å². The number of aryl methyl sites for hydroxylation is 1. The summed E-state index contributed by atoms with van der Waals surface area (Å²) in [6.45, 7) is 2.77. The molecule has 1 atom stereocenters. The van der Waals surface area contributed by atoms with Gasteiger partial charge in [0.25, 0.3) is 0 Å². The molecule has 1 amide bonds. The maximum atomic E-state index is 12.8. The molecule has 1 fully saturated rings. The zero-order chi connectivity index (χ0) is 18.6. The van der Waals surface area contributed by atoms with Crippen LogP contribution >= 0.6 is 0 Å². The van der Waals surface area contributed by atoms with E-state index in [0.717, 1.165) is 16.7 Å². The molecule has 2 aromatic carbocycles. The van der Waals surface area contributed by atoms with Gasteiger partial charge in [-0.05, 0) is 30.9 Å². The van der Waals surface area contributed by atoms with E-state index in [4.69, 9.17) is 0 Å². The lowest BCUT2D eigenvalue weighted by molar-refractivity contribution is -0.124. The molecule has 1 saturated heterocycles. The topological polar surface area (TPSA) is 66.5 Å². The summed E-state index contributed by atoms with van der Waals surface area (Å²) in [6, 6.07) is 16.4. The number of benzene rings is 2. The van der Waals surface area contributed by atoms with Gasteiger partial charge in [0.1, 0.15) is 6.04 Å². The second-order valence-corrected chi connectivity index (χ2v) is 8.64. The monoisotopic (exact) mass is 372 g/mol. The summed E-state index contributed by atoms with van der Waals surface area (Å²) in [5.74, 6) is -0.297. The number of carbonyl (C=O) groups excluding carboxylic acids is 1. The molecule has 138 valence electrons. The lowest BCUT2D eigenvalue weighted by atomic mass is 10.2. The molecule has 6 heteroatoms. The zero-order valence-electron chi connectivity index (χ0n) is 14.9. The van der Waals surface area contributed by atoms with Crippen molar-refractivity contribution in [2.45, 2.75) is 38.1 Å². The van der Waals surface area contributed by atoms with Gasteiger partial charge in [-0.25, -0.2) is 8.42 Å². The van der Waals surface area contributed by atoms with E-state index in [1.54, 1.807) is 0 Å². The minimum Gasteiger partial charge on any atom is -0.351 e. The highest BCUT2D eigenvalue weighted by Gasteiger charge is 2.38. The van der Waals surface area contributed by atoms with Crippen molar-refractivity contribution in [3.05, 3.63) is 71.3 Å². The van der Waals surface area contributed by atoms with Crippen LogP contribution in [0.25, 0.3) is 0 Å². The van der Waals surface area contributed by atoms with Gasteiger partial charge in [-0.2, -0.15) is 4.31 Å². The molecule has 3 rings (SSSR count). The quantitative estimate of drug-likeness (QED) is 0.848. The van der Waals surface area contributed by atoms with Crippen molar-refractivity contribution in [1.82, 2.24) is 9.62 Å². The Balaban J connectivity index is 1.66. The summed E-state index contributed by atoms with van der Waals surface area (Å²) in [5.41, 5.74) is 2.82. The Kier molecular flexibility index (Phi) is 5.74. The summed E-state index contributed by atoms with van der Waals surface area (Å²) in [5, 5.41) is 2.87. The summed E-state index contributed by atoms with van der Waals surface area (Å²) in [6.07, 6.45) is 1.27. The average Bonchev–Trinajstić information content (AvgIpc) is 3.13. The predicted octanol–water partition coefficient (Wildman–Crippen LogP) is 2.61. The predicted molar refractivity (Wildman–Crippen MR) is 102 cm³/mol. The molecule has 1 N–H and O–H groups in total. The normalized spacial score (nSPS) is 18.0. The van der Waals surface area contributed by atoms with E-state index in [1.807, 2.05) is 61.5 Å². The highest BCUT2D eigenvalue weighted by atomic mass is 32.2. The van der Waals surface area contributed by atoms with Gasteiger partial charge >= 0.3 is 0 Å². The van der Waals surface area contributed by atoms with Crippen LogP contribution in [0.4, 0.5) is 0 Å². The van der Waals surface area contributed by atoms with Crippen LogP contribution in [0.3, 0.4) is 0 Å². The fourth-order valence-corrected chi connectivity index (χ4v) is 4.99. The fourth-order valence-electron chi connectivity index (χ4n) is 3.22. The lowest BCUT2D eigenvalue weighted by Gasteiger charge is -2.23. The number of hydrogen-bond donors (Lipinski definition) is 1. The molecule has 1 aliphatic heterocycles. The Morgan fingerprint density at radius 2 is 1.77 bits per heavy atom. The summed E-state index contributed by atoms with van der Waals surface area (Å²) < 4.78 is 27.0. The number of sulfonamides is 1. The Hall–Kier alpha value is -2.18. The Morgan fingerprint density at radius 3 is 2.46 bits per heavy atom. The van der Waals surface area contributed by atoms with Crippen molar-refractivity contribution >= 4 is 15.9 Å². The van der Waals surface area contributed by atoms with Crippen molar-refractivity contribution in [1.29, 1.82) is 0 Å². The smallest absolute Gasteiger partial charge is 0.238 e. The summed E-state index contributed by atoms with van der Waals surface area (Å²) in [7, 11) is -3.53. The second kappa shape index (κ2) is 8.01. The molecular weight excluding hydrogens is 348 g/mol. The number of nitrogens with zero attached hydrogens (tertiary/aromatic N) is 1. The molecule has 0 spiro atoms. The molecule has 0 saturated carbocycles. The van der Waals surface area contributed by atoms with Crippen LogP contribution in [-0.2, 0) is 27.1 Å². The number of amides is 1. The Bertz CT molecular complexity index is 848. The average molecular weight is 372 g/mol. The van der Waals surface area contributed by atoms with Crippen LogP contribution in [0.5, 0.6) is 0 Å². The second-order valence-electron chi connectivity index (χ2n) is 6.71. The molecule has 0 radical (unpaired) electrons. The minimum atomic E-state index is -3.53. The van der Waals surface area contributed by atoms with E-state index in [1.165, 1.54) is 4.31 Å². The minimum absolute atomic E-state index is 0.0737. The van der Waals surface area contributed by atoms with Crippen molar-refractivity contribution in [2.75, 3.05) is 6.54 Å².